The van der Waals surface area contributed by atoms with E-state index in [1.165, 1.54) is 77.5 Å². The zero-order chi connectivity index (χ0) is 35.8. The number of hydrogen-bond acceptors (Lipinski definition) is 1. The lowest BCUT2D eigenvalue weighted by Gasteiger charge is -2.30. The standard InChI is InChI=1S/C52H38N2/c1-3-14-37(15-4-1)38-26-31-43(32-27-38)53(50-25-13-17-39-16-7-8-22-47(39)50)44-33-28-40(29-34-44)45-20-9-10-21-46(45)41-30-35-49-48-23-11-12-24-51(48)54(52(49)36-41)42-18-5-2-6-19-42/h1-28,30-36,40H,29H2. The number of rotatable bonds is 7. The molecule has 8 aromatic carbocycles. The highest BCUT2D eigenvalue weighted by Gasteiger charge is 2.22. The molecule has 1 aliphatic rings. The molecule has 10 rings (SSSR count). The van der Waals surface area contributed by atoms with E-state index in [4.69, 9.17) is 0 Å². The molecule has 0 radical (unpaired) electrons. The molecule has 0 fully saturated rings. The summed E-state index contributed by atoms with van der Waals surface area (Å²) in [5, 5.41) is 5.01. The minimum absolute atomic E-state index is 0.246. The lowest BCUT2D eigenvalue weighted by molar-refractivity contribution is 0.842. The molecule has 54 heavy (non-hydrogen) atoms. The number of allylic oxidation sites excluding steroid dienone is 3. The van der Waals surface area contributed by atoms with Crippen LogP contribution in [0.5, 0.6) is 0 Å². The van der Waals surface area contributed by atoms with Gasteiger partial charge in [0.15, 0.2) is 0 Å². The van der Waals surface area contributed by atoms with Crippen molar-refractivity contribution in [2.45, 2.75) is 12.3 Å². The van der Waals surface area contributed by atoms with E-state index < -0.39 is 0 Å². The first-order valence-corrected chi connectivity index (χ1v) is 18.8. The Morgan fingerprint density at radius 1 is 0.481 bits per heavy atom. The van der Waals surface area contributed by atoms with Crippen LogP contribution < -0.4 is 4.90 Å². The van der Waals surface area contributed by atoms with E-state index in [-0.39, 0.29) is 5.92 Å². The molecule has 2 nitrogen and oxygen atoms in total. The fraction of sp³-hybridized carbons (Fsp3) is 0.0385. The number of para-hydroxylation sites is 2. The van der Waals surface area contributed by atoms with E-state index in [9.17, 15) is 0 Å². The second-order valence-electron chi connectivity index (χ2n) is 14.1. The number of aromatic nitrogens is 1. The molecule has 0 saturated heterocycles. The topological polar surface area (TPSA) is 8.17 Å². The van der Waals surface area contributed by atoms with Crippen molar-refractivity contribution < 1.29 is 0 Å². The van der Waals surface area contributed by atoms with Crippen molar-refractivity contribution in [2.24, 2.45) is 0 Å². The predicted molar refractivity (Wildman–Crippen MR) is 229 cm³/mol. The maximum absolute atomic E-state index is 2.42. The van der Waals surface area contributed by atoms with E-state index in [0.717, 1.165) is 12.1 Å². The number of hydrogen-bond donors (Lipinski definition) is 0. The van der Waals surface area contributed by atoms with Crippen LogP contribution in [0.2, 0.25) is 0 Å². The van der Waals surface area contributed by atoms with Crippen LogP contribution in [0.25, 0.3) is 60.5 Å². The first-order chi connectivity index (χ1) is 26.8. The highest BCUT2D eigenvalue weighted by Crippen LogP contribution is 2.42. The average molecular weight is 691 g/mol. The lowest BCUT2D eigenvalue weighted by atomic mass is 9.85. The Hall–Kier alpha value is -6.90. The Kier molecular flexibility index (Phi) is 8.00. The lowest BCUT2D eigenvalue weighted by Crippen LogP contribution is -2.17. The van der Waals surface area contributed by atoms with E-state index in [0.29, 0.717) is 0 Å². The van der Waals surface area contributed by atoms with Crippen molar-refractivity contribution in [2.75, 3.05) is 4.90 Å². The van der Waals surface area contributed by atoms with Gasteiger partial charge in [-0.3, -0.25) is 0 Å². The highest BCUT2D eigenvalue weighted by atomic mass is 15.1. The molecule has 2 heteroatoms. The molecule has 0 saturated carbocycles. The zero-order valence-corrected chi connectivity index (χ0v) is 29.9. The average Bonchev–Trinajstić information content (AvgIpc) is 3.59. The molecular formula is C52H38N2. The van der Waals surface area contributed by atoms with Crippen molar-refractivity contribution in [3.8, 4) is 27.9 Å². The molecular weight excluding hydrogens is 653 g/mol. The third kappa shape index (κ3) is 5.60. The summed E-state index contributed by atoms with van der Waals surface area (Å²) in [6.07, 6.45) is 8.06. The van der Waals surface area contributed by atoms with Gasteiger partial charge in [-0.1, -0.05) is 164 Å². The molecule has 1 unspecified atom stereocenters. The van der Waals surface area contributed by atoms with Gasteiger partial charge in [0, 0.05) is 39.1 Å². The normalized spacial score (nSPS) is 14.1. The van der Waals surface area contributed by atoms with E-state index in [1.54, 1.807) is 0 Å². The van der Waals surface area contributed by atoms with Crippen LogP contribution >= 0.6 is 0 Å². The van der Waals surface area contributed by atoms with Gasteiger partial charge in [0.1, 0.15) is 0 Å². The van der Waals surface area contributed by atoms with E-state index in [1.807, 2.05) is 0 Å². The number of nitrogens with zero attached hydrogens (tertiary/aromatic N) is 2. The molecule has 1 aromatic heterocycles. The molecule has 0 bridgehead atoms. The molecule has 1 heterocycles. The minimum Gasteiger partial charge on any atom is -0.310 e. The van der Waals surface area contributed by atoms with Crippen molar-refractivity contribution in [3.63, 3.8) is 0 Å². The van der Waals surface area contributed by atoms with Gasteiger partial charge in [-0.05, 0) is 88.2 Å². The van der Waals surface area contributed by atoms with Crippen LogP contribution in [-0.2, 0) is 0 Å². The van der Waals surface area contributed by atoms with Gasteiger partial charge in [0.2, 0.25) is 0 Å². The van der Waals surface area contributed by atoms with Crippen molar-refractivity contribution in [1.82, 2.24) is 4.57 Å². The van der Waals surface area contributed by atoms with Crippen LogP contribution in [-0.4, -0.2) is 4.57 Å². The summed E-state index contributed by atoms with van der Waals surface area (Å²) in [6, 6.07) is 70.3. The molecule has 0 aliphatic heterocycles. The third-order valence-electron chi connectivity index (χ3n) is 10.9. The molecule has 9 aromatic rings. The van der Waals surface area contributed by atoms with Gasteiger partial charge in [-0.2, -0.15) is 0 Å². The molecule has 256 valence electrons. The summed E-state index contributed by atoms with van der Waals surface area (Å²) >= 11 is 0. The Morgan fingerprint density at radius 3 is 1.94 bits per heavy atom. The second-order valence-corrected chi connectivity index (χ2v) is 14.1. The zero-order valence-electron chi connectivity index (χ0n) is 29.9. The van der Waals surface area contributed by atoms with Gasteiger partial charge in [0.25, 0.3) is 0 Å². The van der Waals surface area contributed by atoms with Crippen molar-refractivity contribution >= 4 is 44.0 Å². The number of anilines is 2. The van der Waals surface area contributed by atoms with Crippen LogP contribution in [0.15, 0.2) is 218 Å². The van der Waals surface area contributed by atoms with Crippen LogP contribution in [0.4, 0.5) is 11.4 Å². The minimum atomic E-state index is 0.246. The summed E-state index contributed by atoms with van der Waals surface area (Å²) in [6.45, 7) is 0. The molecule has 0 amide bonds. The van der Waals surface area contributed by atoms with Gasteiger partial charge in [-0.25, -0.2) is 0 Å². The Labute approximate surface area is 316 Å². The SMILES string of the molecule is C1=CC(c2ccccc2-c2ccc3c4ccccc4n(-c4ccccc4)c3c2)CC=C1N(c1ccc(-c2ccccc2)cc1)c1cccc2ccccc12. The molecule has 0 N–H and O–H groups in total. The molecule has 0 spiro atoms. The Morgan fingerprint density at radius 2 is 1.13 bits per heavy atom. The van der Waals surface area contributed by atoms with Crippen molar-refractivity contribution in [3.05, 3.63) is 224 Å². The summed E-state index contributed by atoms with van der Waals surface area (Å²) in [4.78, 5) is 2.42. The summed E-state index contributed by atoms with van der Waals surface area (Å²) < 4.78 is 2.40. The molecule has 1 atom stereocenters. The van der Waals surface area contributed by atoms with Crippen LogP contribution in [0, 0.1) is 0 Å². The third-order valence-corrected chi connectivity index (χ3v) is 10.9. The summed E-state index contributed by atoms with van der Waals surface area (Å²) in [5.41, 5.74) is 13.4. The maximum Gasteiger partial charge on any atom is 0.0547 e. The summed E-state index contributed by atoms with van der Waals surface area (Å²) in [7, 11) is 0. The van der Waals surface area contributed by atoms with E-state index in [2.05, 4.69) is 222 Å². The number of benzene rings is 8. The predicted octanol–water partition coefficient (Wildman–Crippen LogP) is 14.0. The van der Waals surface area contributed by atoms with E-state index >= 15 is 0 Å². The smallest absolute Gasteiger partial charge is 0.0547 e. The highest BCUT2D eigenvalue weighted by molar-refractivity contribution is 6.10. The fourth-order valence-electron chi connectivity index (χ4n) is 8.35. The first-order valence-electron chi connectivity index (χ1n) is 18.8. The Bertz CT molecular complexity index is 2840. The Balaban J connectivity index is 1.03. The van der Waals surface area contributed by atoms with Gasteiger partial charge >= 0.3 is 0 Å². The van der Waals surface area contributed by atoms with Gasteiger partial charge in [-0.15, -0.1) is 0 Å². The quantitative estimate of drug-likeness (QED) is 0.162. The monoisotopic (exact) mass is 690 g/mol. The van der Waals surface area contributed by atoms with Crippen LogP contribution in [0.3, 0.4) is 0 Å². The number of fused-ring (bicyclic) bond motifs is 4. The largest absolute Gasteiger partial charge is 0.310 e. The second kappa shape index (κ2) is 13.6. The maximum atomic E-state index is 2.42. The van der Waals surface area contributed by atoms with Gasteiger partial charge < -0.3 is 9.47 Å². The summed E-state index contributed by atoms with van der Waals surface area (Å²) in [5.74, 6) is 0.246. The first kappa shape index (κ1) is 31.8. The molecule has 1 aliphatic carbocycles. The van der Waals surface area contributed by atoms with Crippen LogP contribution in [0.1, 0.15) is 17.9 Å². The van der Waals surface area contributed by atoms with Gasteiger partial charge in [0.05, 0.1) is 16.7 Å². The van der Waals surface area contributed by atoms with Crippen molar-refractivity contribution in [1.29, 1.82) is 0 Å². The fourth-order valence-corrected chi connectivity index (χ4v) is 8.35.